The molecule has 0 aromatic heterocycles. The van der Waals surface area contributed by atoms with E-state index in [1.165, 1.54) is 49.8 Å². The summed E-state index contributed by atoms with van der Waals surface area (Å²) in [5.41, 5.74) is 5.27. The quantitative estimate of drug-likeness (QED) is 0.0776. The van der Waals surface area contributed by atoms with Crippen molar-refractivity contribution in [3.05, 3.63) is 71.3 Å². The number of carbonyl (C=O) groups excluding carboxylic acids is 2. The first kappa shape index (κ1) is 63.0. The van der Waals surface area contributed by atoms with Gasteiger partial charge in [-0.25, -0.2) is 0 Å². The van der Waals surface area contributed by atoms with E-state index < -0.39 is 122 Å². The Morgan fingerprint density at radius 2 is 1.01 bits per heavy atom. The summed E-state index contributed by atoms with van der Waals surface area (Å²) in [4.78, 5) is 26.7. The minimum absolute atomic E-state index is 0.00257. The number of fused-ring (bicyclic) bond motifs is 3. The highest BCUT2D eigenvalue weighted by atomic mass is 16.8. The number of amides is 1. The van der Waals surface area contributed by atoms with Crippen LogP contribution in [0.2, 0.25) is 0 Å². The number of benzene rings is 2. The lowest BCUT2D eigenvalue weighted by molar-refractivity contribution is -0.376. The first-order valence-electron chi connectivity index (χ1n) is 26.6. The summed E-state index contributed by atoms with van der Waals surface area (Å²) in [5, 5.41) is 17.0. The Bertz CT molecular complexity index is 2180. The third kappa shape index (κ3) is 14.1. The highest BCUT2D eigenvalue weighted by molar-refractivity contribution is 5.82. The molecule has 1 amide bonds. The van der Waals surface area contributed by atoms with Crippen LogP contribution >= 0.6 is 0 Å². The molecule has 3 aliphatic heterocycles. The topological polar surface area (TPSA) is 245 Å². The number of hydrogen-bond donors (Lipinski definition) is 3. The highest BCUT2D eigenvalue weighted by Gasteiger charge is 2.57. The molecular formula is C56H84N2O21. The van der Waals surface area contributed by atoms with Gasteiger partial charge in [0.05, 0.1) is 57.6 Å². The number of esters is 1. The van der Waals surface area contributed by atoms with Gasteiger partial charge in [0.15, 0.2) is 18.8 Å². The molecule has 3 heterocycles. The van der Waals surface area contributed by atoms with Gasteiger partial charge in [-0.1, -0.05) is 54.6 Å². The highest BCUT2D eigenvalue weighted by Crippen LogP contribution is 2.45. The SMILES string of the molecule is COCC1=C[C@@H](N[C@H]2C(COC)O[C@@H](O[C@H]3C(COC)O[C@@H](O[C@H]4C(COC)OC(NC(=O)CCC(=O)OCC5c6ccccc6-c6ccccc65)C(OC)[C@H]4OC)C(OC)[C@H]3OC)C(OC)[C@H]2OC)C(OC)[C@@H](OC)[C@H]1CO. The molecule has 7 rings (SSSR count). The predicted molar refractivity (Wildman–Crippen MR) is 281 cm³/mol. The van der Waals surface area contributed by atoms with E-state index in [4.69, 9.17) is 85.3 Å². The summed E-state index contributed by atoms with van der Waals surface area (Å²) in [6, 6.07) is 15.1. The molecule has 3 N–H and O–H groups in total. The van der Waals surface area contributed by atoms with Crippen LogP contribution in [-0.4, -0.2) is 252 Å². The van der Waals surface area contributed by atoms with Gasteiger partial charge in [0.2, 0.25) is 5.91 Å². The second-order valence-electron chi connectivity index (χ2n) is 20.0. The number of aliphatic hydroxyl groups excluding tert-OH is 1. The van der Waals surface area contributed by atoms with Crippen LogP contribution in [-0.2, 0) is 94.9 Å². The van der Waals surface area contributed by atoms with Gasteiger partial charge in [-0.3, -0.25) is 9.59 Å². The van der Waals surface area contributed by atoms with Crippen molar-refractivity contribution in [2.75, 3.05) is 125 Å². The van der Waals surface area contributed by atoms with E-state index in [9.17, 15) is 14.7 Å². The number of nitrogens with one attached hydrogen (secondary N) is 2. The van der Waals surface area contributed by atoms with Gasteiger partial charge in [0.25, 0.3) is 0 Å². The standard InChI is InChI=1S/C56H84N2O21/c1-62-25-30-23-37(45(67-6)44(66-5)35(30)24-59)57-43-38(27-63-2)76-55(52(72-11)48(43)68-7)79-47-40(29-65-4)77-56(53(73-12)50(47)70-9)78-46-39(28-64-3)75-54(51(71-10)49(46)69-8)58-41(60)21-22-42(61)74-26-36-33-19-15-13-17-31(33)32-18-14-16-20-34(32)36/h13-20,23,35-40,43-57,59H,21-22,24-29H2,1-12H3,(H,58,60)/t35-,37+,38?,39?,40?,43-,44-,45?,46-,47-,48-,49-,50-,51?,52?,53?,54?,55-,56-/m0/s1. The molecule has 2 aromatic rings. The molecule has 0 bridgehead atoms. The number of aliphatic hydroxyl groups is 1. The molecule has 3 fully saturated rings. The Labute approximate surface area is 463 Å². The van der Waals surface area contributed by atoms with Crippen molar-refractivity contribution < 1.29 is 100.0 Å². The van der Waals surface area contributed by atoms with E-state index in [1.54, 1.807) is 35.5 Å². The largest absolute Gasteiger partial charge is 0.465 e. The van der Waals surface area contributed by atoms with E-state index in [0.717, 1.165) is 27.8 Å². The Balaban J connectivity index is 1.03. The van der Waals surface area contributed by atoms with Crippen LogP contribution in [0.5, 0.6) is 0 Å². The summed E-state index contributed by atoms with van der Waals surface area (Å²) in [5.74, 6) is -1.45. The fourth-order valence-corrected chi connectivity index (χ4v) is 12.1. The summed E-state index contributed by atoms with van der Waals surface area (Å²) in [7, 11) is 18.5. The zero-order valence-electron chi connectivity index (χ0n) is 47.5. The van der Waals surface area contributed by atoms with Crippen molar-refractivity contribution in [3.8, 4) is 11.1 Å². The second-order valence-corrected chi connectivity index (χ2v) is 20.0. The average Bonchev–Trinajstić information content (AvgIpc) is 3.86. The molecule has 23 heteroatoms. The Kier molecular flexibility index (Phi) is 24.4. The maximum absolute atomic E-state index is 13.6. The van der Waals surface area contributed by atoms with Crippen molar-refractivity contribution in [1.29, 1.82) is 0 Å². The van der Waals surface area contributed by atoms with E-state index in [-0.39, 0.29) is 64.3 Å². The van der Waals surface area contributed by atoms with Gasteiger partial charge >= 0.3 is 5.97 Å². The second kappa shape index (κ2) is 30.6. The van der Waals surface area contributed by atoms with Crippen LogP contribution < -0.4 is 10.6 Å². The van der Waals surface area contributed by atoms with Crippen LogP contribution in [0.3, 0.4) is 0 Å². The van der Waals surface area contributed by atoms with Gasteiger partial charge in [0, 0.05) is 104 Å². The predicted octanol–water partition coefficient (Wildman–Crippen LogP) is 1.76. The van der Waals surface area contributed by atoms with Crippen LogP contribution in [0, 0.1) is 5.92 Å². The molecule has 3 saturated heterocycles. The maximum atomic E-state index is 13.6. The number of hydrogen-bond acceptors (Lipinski definition) is 22. The maximum Gasteiger partial charge on any atom is 0.306 e. The van der Waals surface area contributed by atoms with Crippen LogP contribution in [0.4, 0.5) is 0 Å². The first-order chi connectivity index (χ1) is 38.5. The summed E-state index contributed by atoms with van der Waals surface area (Å²) >= 11 is 0. The van der Waals surface area contributed by atoms with Crippen molar-refractivity contribution in [2.45, 2.75) is 129 Å². The lowest BCUT2D eigenvalue weighted by atomic mass is 9.80. The van der Waals surface area contributed by atoms with Crippen molar-refractivity contribution in [2.24, 2.45) is 5.92 Å². The van der Waals surface area contributed by atoms with E-state index >= 15 is 0 Å². The van der Waals surface area contributed by atoms with E-state index in [2.05, 4.69) is 22.8 Å². The minimum Gasteiger partial charge on any atom is -0.465 e. The van der Waals surface area contributed by atoms with Crippen LogP contribution in [0.15, 0.2) is 60.2 Å². The molecule has 8 unspecified atom stereocenters. The normalized spacial score (nSPS) is 34.6. The zero-order chi connectivity index (χ0) is 56.8. The zero-order valence-corrected chi connectivity index (χ0v) is 47.5. The van der Waals surface area contributed by atoms with Crippen molar-refractivity contribution in [3.63, 3.8) is 0 Å². The third-order valence-corrected chi connectivity index (χ3v) is 15.7. The van der Waals surface area contributed by atoms with Crippen LogP contribution in [0.25, 0.3) is 11.1 Å². The Hall–Kier alpha value is -3.64. The third-order valence-electron chi connectivity index (χ3n) is 15.7. The fraction of sp³-hybridized carbons (Fsp3) is 0.714. The molecule has 0 saturated carbocycles. The summed E-state index contributed by atoms with van der Waals surface area (Å²) in [6.45, 7) is 0.383. The molecule has 19 atom stereocenters. The molecule has 79 heavy (non-hydrogen) atoms. The molecule has 2 aliphatic carbocycles. The number of methoxy groups -OCH3 is 12. The number of carbonyl (C=O) groups is 2. The monoisotopic (exact) mass is 1120 g/mol. The van der Waals surface area contributed by atoms with Crippen molar-refractivity contribution in [1.82, 2.24) is 10.6 Å². The lowest BCUT2D eigenvalue weighted by Gasteiger charge is -2.52. The number of rotatable bonds is 29. The smallest absolute Gasteiger partial charge is 0.306 e. The first-order valence-corrected chi connectivity index (χ1v) is 26.6. The number of ether oxygens (including phenoxy) is 18. The molecule has 23 nitrogen and oxygen atoms in total. The Morgan fingerprint density at radius 1 is 0.519 bits per heavy atom. The fourth-order valence-electron chi connectivity index (χ4n) is 12.1. The molecule has 2 aromatic carbocycles. The molecular weight excluding hydrogens is 1040 g/mol. The van der Waals surface area contributed by atoms with Crippen LogP contribution in [0.1, 0.15) is 29.9 Å². The van der Waals surface area contributed by atoms with Gasteiger partial charge < -0.3 is 101 Å². The Morgan fingerprint density at radius 3 is 1.53 bits per heavy atom. The summed E-state index contributed by atoms with van der Waals surface area (Å²) < 4.78 is 111. The minimum atomic E-state index is -1.16. The molecule has 0 spiro atoms. The molecule has 0 radical (unpaired) electrons. The van der Waals surface area contributed by atoms with Gasteiger partial charge in [0.1, 0.15) is 79.9 Å². The lowest BCUT2D eigenvalue weighted by Crippen LogP contribution is -2.70. The van der Waals surface area contributed by atoms with Gasteiger partial charge in [-0.05, 0) is 27.8 Å². The van der Waals surface area contributed by atoms with Gasteiger partial charge in [-0.2, -0.15) is 0 Å². The van der Waals surface area contributed by atoms with Gasteiger partial charge in [-0.15, -0.1) is 0 Å². The van der Waals surface area contributed by atoms with E-state index in [1.807, 2.05) is 42.5 Å². The van der Waals surface area contributed by atoms with Crippen molar-refractivity contribution >= 4 is 11.9 Å². The average molecular weight is 1120 g/mol. The summed E-state index contributed by atoms with van der Waals surface area (Å²) in [6.07, 6.45) is -12.1. The molecule has 444 valence electrons. The van der Waals surface area contributed by atoms with E-state index in [0.29, 0.717) is 0 Å². The molecule has 5 aliphatic rings.